The molecule has 0 saturated carbocycles. The van der Waals surface area contributed by atoms with Gasteiger partial charge in [0.2, 0.25) is 0 Å². The Labute approximate surface area is 178 Å². The van der Waals surface area contributed by atoms with Crippen LogP contribution in [0, 0.1) is 18.3 Å². The van der Waals surface area contributed by atoms with Gasteiger partial charge in [-0.3, -0.25) is 4.79 Å². The van der Waals surface area contributed by atoms with Crippen molar-refractivity contribution in [3.63, 3.8) is 0 Å². The summed E-state index contributed by atoms with van der Waals surface area (Å²) in [6.07, 6.45) is 0.793. The molecule has 1 amide bonds. The summed E-state index contributed by atoms with van der Waals surface area (Å²) in [7, 11) is 0. The molecule has 0 spiro atoms. The molecule has 6 nitrogen and oxygen atoms in total. The fourth-order valence-electron chi connectivity index (χ4n) is 3.06. The van der Waals surface area contributed by atoms with Crippen LogP contribution in [0.4, 0.5) is 5.69 Å². The second kappa shape index (κ2) is 8.50. The summed E-state index contributed by atoms with van der Waals surface area (Å²) in [5, 5.41) is 12.7. The van der Waals surface area contributed by atoms with E-state index in [1.165, 1.54) is 0 Å². The lowest BCUT2D eigenvalue weighted by Crippen LogP contribution is -2.37. The second-order valence-electron chi connectivity index (χ2n) is 6.71. The molecule has 29 heavy (non-hydrogen) atoms. The first-order valence-corrected chi connectivity index (χ1v) is 10.0. The number of benzene rings is 1. The zero-order valence-corrected chi connectivity index (χ0v) is 18.1. The Bertz CT molecular complexity index is 1070. The van der Waals surface area contributed by atoms with E-state index in [0.29, 0.717) is 21.9 Å². The number of rotatable bonds is 5. The number of hydrogen-bond donors (Lipinski definition) is 1. The van der Waals surface area contributed by atoms with Crippen LogP contribution in [0.5, 0.6) is 0 Å². The van der Waals surface area contributed by atoms with E-state index in [9.17, 15) is 10.1 Å². The molecule has 1 N–H and O–H groups in total. The maximum Gasteiger partial charge on any atom is 0.292 e. The SMILES string of the molecule is C=C1C(=Nc2ccccc2C)C(C#N)=C(NC(=O)c2ccc(Br)o2)N1C(C)CC. The number of para-hydroxylation sites is 1. The summed E-state index contributed by atoms with van der Waals surface area (Å²) in [4.78, 5) is 19.3. The summed E-state index contributed by atoms with van der Waals surface area (Å²) in [6.45, 7) is 10.2. The Kier molecular flexibility index (Phi) is 6.04. The number of hydrogen-bond acceptors (Lipinski definition) is 5. The highest BCUT2D eigenvalue weighted by atomic mass is 79.9. The molecule has 0 bridgehead atoms. The number of allylic oxidation sites excluding steroid dienone is 1. The lowest BCUT2D eigenvalue weighted by Gasteiger charge is -2.29. The topological polar surface area (TPSA) is 81.6 Å². The molecule has 2 aromatic rings. The van der Waals surface area contributed by atoms with Gasteiger partial charge in [0, 0.05) is 6.04 Å². The first kappa shape index (κ1) is 20.6. The van der Waals surface area contributed by atoms with Crippen LogP contribution in [0.3, 0.4) is 0 Å². The second-order valence-corrected chi connectivity index (χ2v) is 7.50. The molecule has 1 unspecified atom stereocenters. The number of nitrogens with one attached hydrogen (secondary N) is 1. The van der Waals surface area contributed by atoms with Crippen LogP contribution in [0.1, 0.15) is 36.4 Å². The zero-order chi connectivity index (χ0) is 21.1. The summed E-state index contributed by atoms with van der Waals surface area (Å²) in [5.74, 6) is 0.0640. The number of carbonyl (C=O) groups excluding carboxylic acids is 1. The first-order valence-electron chi connectivity index (χ1n) is 9.21. The van der Waals surface area contributed by atoms with Crippen LogP contribution in [-0.4, -0.2) is 22.6 Å². The third-order valence-corrected chi connectivity index (χ3v) is 5.22. The predicted molar refractivity (Wildman–Crippen MR) is 116 cm³/mol. The predicted octanol–water partition coefficient (Wildman–Crippen LogP) is 5.22. The van der Waals surface area contributed by atoms with Gasteiger partial charge in [-0.2, -0.15) is 5.26 Å². The van der Waals surface area contributed by atoms with Crippen molar-refractivity contribution in [2.45, 2.75) is 33.2 Å². The number of furan rings is 1. The average molecular weight is 453 g/mol. The quantitative estimate of drug-likeness (QED) is 0.674. The van der Waals surface area contributed by atoms with Gasteiger partial charge in [-0.05, 0) is 60.0 Å². The fraction of sp³-hybridized carbons (Fsp3) is 0.227. The maximum atomic E-state index is 12.7. The van der Waals surface area contributed by atoms with Gasteiger partial charge in [0.15, 0.2) is 10.4 Å². The minimum Gasteiger partial charge on any atom is -0.444 e. The average Bonchev–Trinajstić information content (AvgIpc) is 3.24. The largest absolute Gasteiger partial charge is 0.444 e. The normalized spacial score (nSPS) is 16.3. The Balaban J connectivity index is 2.09. The highest BCUT2D eigenvalue weighted by molar-refractivity contribution is 9.10. The summed E-state index contributed by atoms with van der Waals surface area (Å²) in [6, 6.07) is 13.1. The van der Waals surface area contributed by atoms with E-state index in [-0.39, 0.29) is 17.4 Å². The smallest absolute Gasteiger partial charge is 0.292 e. The molecule has 7 heteroatoms. The maximum absolute atomic E-state index is 12.7. The number of carbonyl (C=O) groups is 1. The lowest BCUT2D eigenvalue weighted by molar-refractivity contribution is 0.0923. The van der Waals surface area contributed by atoms with Gasteiger partial charge < -0.3 is 14.6 Å². The number of halogens is 1. The van der Waals surface area contributed by atoms with Crippen LogP contribution in [0.15, 0.2) is 74.1 Å². The van der Waals surface area contributed by atoms with Gasteiger partial charge in [0.25, 0.3) is 5.91 Å². The third kappa shape index (κ3) is 4.03. The van der Waals surface area contributed by atoms with Crippen molar-refractivity contribution in [2.75, 3.05) is 0 Å². The van der Waals surface area contributed by atoms with Crippen molar-refractivity contribution >= 4 is 33.2 Å². The molecule has 0 fully saturated rings. The van der Waals surface area contributed by atoms with Crippen molar-refractivity contribution < 1.29 is 9.21 Å². The summed E-state index contributed by atoms with van der Waals surface area (Å²) in [5.41, 5.74) is 3.05. The zero-order valence-electron chi connectivity index (χ0n) is 16.5. The van der Waals surface area contributed by atoms with Crippen LogP contribution in [0.25, 0.3) is 0 Å². The van der Waals surface area contributed by atoms with Gasteiger partial charge in [-0.25, -0.2) is 4.99 Å². The van der Waals surface area contributed by atoms with Crippen molar-refractivity contribution in [3.8, 4) is 6.07 Å². The van der Waals surface area contributed by atoms with Crippen LogP contribution >= 0.6 is 15.9 Å². The molecule has 0 aliphatic carbocycles. The minimum absolute atomic E-state index is 0.00839. The van der Waals surface area contributed by atoms with Crippen molar-refractivity contribution in [3.05, 3.63) is 76.1 Å². The molecule has 1 aromatic heterocycles. The van der Waals surface area contributed by atoms with Gasteiger partial charge in [-0.1, -0.05) is 31.7 Å². The molecule has 2 heterocycles. The molecular weight excluding hydrogens is 432 g/mol. The van der Waals surface area contributed by atoms with E-state index >= 15 is 0 Å². The highest BCUT2D eigenvalue weighted by Gasteiger charge is 2.36. The molecule has 3 rings (SSSR count). The van der Waals surface area contributed by atoms with E-state index in [0.717, 1.165) is 17.7 Å². The lowest BCUT2D eigenvalue weighted by atomic mass is 10.1. The van der Waals surface area contributed by atoms with Crippen LogP contribution in [-0.2, 0) is 0 Å². The van der Waals surface area contributed by atoms with E-state index in [1.54, 1.807) is 12.1 Å². The fourth-order valence-corrected chi connectivity index (χ4v) is 3.37. The number of aliphatic imine (C=N–C) groups is 1. The van der Waals surface area contributed by atoms with Crippen LogP contribution in [0.2, 0.25) is 0 Å². The minimum atomic E-state index is -0.448. The van der Waals surface area contributed by atoms with Crippen molar-refractivity contribution in [2.24, 2.45) is 4.99 Å². The Morgan fingerprint density at radius 2 is 2.10 bits per heavy atom. The van der Waals surface area contributed by atoms with Crippen molar-refractivity contribution in [1.82, 2.24) is 10.2 Å². The standard InChI is InChI=1S/C22H21BrN4O2/c1-5-14(3)27-15(4)20(25-17-9-7-6-8-13(17)2)16(12-24)21(27)26-22(28)18-10-11-19(23)29-18/h6-11,14H,4-5H2,1-3H3,(H,26,28). The molecule has 0 saturated heterocycles. The van der Waals surface area contributed by atoms with E-state index < -0.39 is 5.91 Å². The van der Waals surface area contributed by atoms with Gasteiger partial charge in [-0.15, -0.1) is 0 Å². The van der Waals surface area contributed by atoms with Crippen LogP contribution < -0.4 is 5.32 Å². The molecule has 1 atom stereocenters. The molecule has 148 valence electrons. The Morgan fingerprint density at radius 3 is 2.69 bits per heavy atom. The summed E-state index contributed by atoms with van der Waals surface area (Å²) < 4.78 is 5.79. The Morgan fingerprint density at radius 1 is 1.38 bits per heavy atom. The molecular formula is C22H21BrN4O2. The van der Waals surface area contributed by atoms with E-state index in [2.05, 4.69) is 33.9 Å². The van der Waals surface area contributed by atoms with E-state index in [4.69, 9.17) is 9.41 Å². The van der Waals surface area contributed by atoms with Gasteiger partial charge in [0.1, 0.15) is 23.2 Å². The molecule has 1 aliphatic rings. The number of nitrogens with zero attached hydrogens (tertiary/aromatic N) is 3. The number of amides is 1. The number of aryl methyl sites for hydroxylation is 1. The van der Waals surface area contributed by atoms with Crippen molar-refractivity contribution in [1.29, 1.82) is 5.26 Å². The monoisotopic (exact) mass is 452 g/mol. The molecule has 1 aromatic carbocycles. The number of nitriles is 1. The third-order valence-electron chi connectivity index (χ3n) is 4.80. The Hall–Kier alpha value is -3.11. The molecule has 1 aliphatic heterocycles. The molecule has 0 radical (unpaired) electrons. The van der Waals surface area contributed by atoms with E-state index in [1.807, 2.05) is 49.9 Å². The highest BCUT2D eigenvalue weighted by Crippen LogP contribution is 2.33. The van der Waals surface area contributed by atoms with Gasteiger partial charge in [0.05, 0.1) is 11.4 Å². The first-order chi connectivity index (χ1) is 13.9. The van der Waals surface area contributed by atoms with Gasteiger partial charge >= 0.3 is 0 Å². The summed E-state index contributed by atoms with van der Waals surface area (Å²) >= 11 is 3.19.